The van der Waals surface area contributed by atoms with Crippen LogP contribution in [0.1, 0.15) is 27.9 Å². The topological polar surface area (TPSA) is 105 Å². The quantitative estimate of drug-likeness (QED) is 0.305. The van der Waals surface area contributed by atoms with E-state index in [1.165, 1.54) is 12.1 Å². The Balaban J connectivity index is 1.55. The molecule has 0 unspecified atom stereocenters. The van der Waals surface area contributed by atoms with Crippen LogP contribution in [-0.4, -0.2) is 34.1 Å². The fraction of sp³-hybridized carbons (Fsp3) is 0.207. The number of halogens is 2. The van der Waals surface area contributed by atoms with E-state index in [0.717, 1.165) is 23.4 Å². The van der Waals surface area contributed by atoms with Crippen molar-refractivity contribution in [1.82, 2.24) is 10.3 Å². The number of rotatable bonds is 10. The number of benzene rings is 3. The first-order chi connectivity index (χ1) is 17.8. The predicted octanol–water partition coefficient (Wildman–Crippen LogP) is 3.95. The Labute approximate surface area is 213 Å². The maximum Gasteiger partial charge on any atom is 0.253 e. The van der Waals surface area contributed by atoms with Crippen LogP contribution in [0.25, 0.3) is 10.9 Å². The summed E-state index contributed by atoms with van der Waals surface area (Å²) in [7, 11) is 0. The summed E-state index contributed by atoms with van der Waals surface area (Å²) in [6.07, 6.45) is 0.766. The van der Waals surface area contributed by atoms with Crippen LogP contribution in [0.3, 0.4) is 0 Å². The molecule has 0 bridgehead atoms. The van der Waals surface area contributed by atoms with Gasteiger partial charge < -0.3 is 16.2 Å². The number of carbonyl (C=O) groups is 2. The van der Waals surface area contributed by atoms with Crippen molar-refractivity contribution in [1.29, 1.82) is 0 Å². The number of aromatic nitrogens is 1. The number of pyridine rings is 1. The highest BCUT2D eigenvalue weighted by Crippen LogP contribution is 2.21. The summed E-state index contributed by atoms with van der Waals surface area (Å²) in [5.74, 6) is -3.84. The first kappa shape index (κ1) is 25.9. The third-order valence-electron chi connectivity index (χ3n) is 6.34. The standard InChI is InChI=1S/C29H27F2N3O3/c30-23-12-11-20-15-22(17-33-27(20)26(23)31)29(37)34-24(14-19-9-5-2-6-10-19)25(35)16-21(28(32)36)13-18-7-3-1-4-8-18/h1-12,15,17,21,24-25,35H,13-14,16H2,(H2,32,36)(H,34,37)/t21-,24+,25+/m1/s1. The molecule has 1 heterocycles. The van der Waals surface area contributed by atoms with Gasteiger partial charge in [0.1, 0.15) is 5.52 Å². The molecule has 1 aromatic heterocycles. The van der Waals surface area contributed by atoms with Crippen molar-refractivity contribution >= 4 is 22.7 Å². The number of hydrogen-bond donors (Lipinski definition) is 3. The maximum absolute atomic E-state index is 14.0. The Morgan fingerprint density at radius 2 is 1.54 bits per heavy atom. The van der Waals surface area contributed by atoms with Gasteiger partial charge in [-0.25, -0.2) is 8.78 Å². The van der Waals surface area contributed by atoms with Gasteiger partial charge in [0.2, 0.25) is 5.91 Å². The second-order valence-electron chi connectivity index (χ2n) is 9.02. The van der Waals surface area contributed by atoms with Crippen LogP contribution in [0, 0.1) is 17.6 Å². The summed E-state index contributed by atoms with van der Waals surface area (Å²) in [6.45, 7) is 0. The number of amides is 2. The Kier molecular flexibility index (Phi) is 8.20. The summed E-state index contributed by atoms with van der Waals surface area (Å²) in [5, 5.41) is 14.3. The van der Waals surface area contributed by atoms with Gasteiger partial charge in [-0.2, -0.15) is 0 Å². The van der Waals surface area contributed by atoms with E-state index in [0.29, 0.717) is 12.8 Å². The minimum atomic E-state index is -1.09. The van der Waals surface area contributed by atoms with Crippen LogP contribution in [0.15, 0.2) is 85.1 Å². The SMILES string of the molecule is NC(=O)[C@H](Cc1ccccc1)C[C@H](O)[C@H](Cc1ccccc1)NC(=O)c1cnc2c(F)c(F)ccc2c1. The third kappa shape index (κ3) is 6.54. The molecule has 3 atom stereocenters. The zero-order valence-corrected chi connectivity index (χ0v) is 20.0. The molecule has 0 saturated carbocycles. The Bertz CT molecular complexity index is 1380. The van der Waals surface area contributed by atoms with Crippen LogP contribution in [0.5, 0.6) is 0 Å². The van der Waals surface area contributed by atoms with Crippen molar-refractivity contribution in [3.8, 4) is 0 Å². The fourth-order valence-corrected chi connectivity index (χ4v) is 4.32. The number of fused-ring (bicyclic) bond motifs is 1. The Morgan fingerprint density at radius 1 is 0.919 bits per heavy atom. The van der Waals surface area contributed by atoms with Gasteiger partial charge in [0.25, 0.3) is 5.91 Å². The summed E-state index contributed by atoms with van der Waals surface area (Å²) < 4.78 is 27.5. The lowest BCUT2D eigenvalue weighted by Gasteiger charge is -2.27. The molecule has 0 aliphatic rings. The summed E-state index contributed by atoms with van der Waals surface area (Å²) in [4.78, 5) is 29.2. The molecule has 4 rings (SSSR count). The van der Waals surface area contributed by atoms with Crippen LogP contribution in [-0.2, 0) is 17.6 Å². The number of nitrogens with two attached hydrogens (primary N) is 1. The summed E-state index contributed by atoms with van der Waals surface area (Å²) in [6, 6.07) is 21.6. The second kappa shape index (κ2) is 11.7. The number of aliphatic hydroxyl groups excluding tert-OH is 1. The van der Waals surface area contributed by atoms with E-state index in [2.05, 4.69) is 10.3 Å². The molecule has 0 fully saturated rings. The van der Waals surface area contributed by atoms with Crippen molar-refractivity contribution in [2.45, 2.75) is 31.4 Å². The number of carbonyl (C=O) groups excluding carboxylic acids is 2. The van der Waals surface area contributed by atoms with Crippen LogP contribution < -0.4 is 11.1 Å². The number of aliphatic hydroxyl groups is 1. The fourth-order valence-electron chi connectivity index (χ4n) is 4.32. The highest BCUT2D eigenvalue weighted by molar-refractivity contribution is 5.97. The lowest BCUT2D eigenvalue weighted by atomic mass is 9.89. The van der Waals surface area contributed by atoms with Crippen molar-refractivity contribution < 1.29 is 23.5 Å². The molecule has 0 spiro atoms. The second-order valence-corrected chi connectivity index (χ2v) is 9.02. The molecule has 4 aromatic rings. The van der Waals surface area contributed by atoms with Gasteiger partial charge in [0.05, 0.1) is 17.7 Å². The van der Waals surface area contributed by atoms with Crippen molar-refractivity contribution in [3.05, 3.63) is 113 Å². The molecule has 190 valence electrons. The van der Waals surface area contributed by atoms with Gasteiger partial charge in [-0.15, -0.1) is 0 Å². The number of nitrogens with zero attached hydrogens (tertiary/aromatic N) is 1. The predicted molar refractivity (Wildman–Crippen MR) is 137 cm³/mol. The minimum absolute atomic E-state index is 0.0441. The van der Waals surface area contributed by atoms with Gasteiger partial charge in [0, 0.05) is 17.5 Å². The van der Waals surface area contributed by atoms with Crippen molar-refractivity contribution in [3.63, 3.8) is 0 Å². The van der Waals surface area contributed by atoms with Crippen molar-refractivity contribution in [2.24, 2.45) is 11.7 Å². The Morgan fingerprint density at radius 3 is 2.16 bits per heavy atom. The van der Waals surface area contributed by atoms with E-state index in [-0.39, 0.29) is 22.9 Å². The van der Waals surface area contributed by atoms with Gasteiger partial charge in [-0.1, -0.05) is 60.7 Å². The molecule has 2 amide bonds. The first-order valence-corrected chi connectivity index (χ1v) is 11.9. The monoisotopic (exact) mass is 503 g/mol. The summed E-state index contributed by atoms with van der Waals surface area (Å²) in [5.41, 5.74) is 7.38. The van der Waals surface area contributed by atoms with Gasteiger partial charge in [0.15, 0.2) is 11.6 Å². The molecule has 4 N–H and O–H groups in total. The number of nitrogens with one attached hydrogen (secondary N) is 1. The number of hydrogen-bond acceptors (Lipinski definition) is 4. The van der Waals surface area contributed by atoms with Crippen LogP contribution in [0.4, 0.5) is 8.78 Å². The lowest BCUT2D eigenvalue weighted by molar-refractivity contribution is -0.122. The molecule has 37 heavy (non-hydrogen) atoms. The lowest BCUT2D eigenvalue weighted by Crippen LogP contribution is -2.46. The van der Waals surface area contributed by atoms with Crippen LogP contribution in [0.2, 0.25) is 0 Å². The van der Waals surface area contributed by atoms with E-state index in [1.807, 2.05) is 60.7 Å². The molecular formula is C29H27F2N3O3. The normalized spacial score (nSPS) is 13.6. The minimum Gasteiger partial charge on any atom is -0.391 e. The van der Waals surface area contributed by atoms with Gasteiger partial charge in [-0.3, -0.25) is 14.6 Å². The van der Waals surface area contributed by atoms with E-state index < -0.39 is 41.5 Å². The summed E-state index contributed by atoms with van der Waals surface area (Å²) >= 11 is 0. The first-order valence-electron chi connectivity index (χ1n) is 11.9. The molecule has 6 nitrogen and oxygen atoms in total. The molecule has 8 heteroatoms. The van der Waals surface area contributed by atoms with Crippen LogP contribution >= 0.6 is 0 Å². The van der Waals surface area contributed by atoms with E-state index in [1.54, 1.807) is 0 Å². The molecular weight excluding hydrogens is 476 g/mol. The van der Waals surface area contributed by atoms with E-state index >= 15 is 0 Å². The number of primary amides is 1. The zero-order chi connectivity index (χ0) is 26.4. The van der Waals surface area contributed by atoms with Crippen molar-refractivity contribution in [2.75, 3.05) is 0 Å². The Hall–Kier alpha value is -4.17. The molecule has 0 aliphatic carbocycles. The molecule has 0 saturated heterocycles. The largest absolute Gasteiger partial charge is 0.391 e. The highest BCUT2D eigenvalue weighted by atomic mass is 19.2. The average molecular weight is 504 g/mol. The molecule has 0 radical (unpaired) electrons. The third-order valence-corrected chi connectivity index (χ3v) is 6.34. The van der Waals surface area contributed by atoms with Gasteiger partial charge >= 0.3 is 0 Å². The average Bonchev–Trinajstić information content (AvgIpc) is 2.91. The molecule has 0 aliphatic heterocycles. The smallest absolute Gasteiger partial charge is 0.253 e. The highest BCUT2D eigenvalue weighted by Gasteiger charge is 2.28. The van der Waals surface area contributed by atoms with Gasteiger partial charge in [-0.05, 0) is 48.6 Å². The zero-order valence-electron chi connectivity index (χ0n) is 20.0. The van der Waals surface area contributed by atoms with E-state index in [4.69, 9.17) is 5.73 Å². The molecule has 3 aromatic carbocycles. The van der Waals surface area contributed by atoms with E-state index in [9.17, 15) is 23.5 Å². The maximum atomic E-state index is 14.0.